The number of hydrogen-bond donors (Lipinski definition) is 0. The largest absolute Gasteiger partial charge is 0.496 e. The van der Waals surface area contributed by atoms with Crippen molar-refractivity contribution in [2.45, 2.75) is 13.5 Å². The third-order valence-corrected chi connectivity index (χ3v) is 3.17. The fourth-order valence-corrected chi connectivity index (χ4v) is 2.16. The molecule has 2 aromatic rings. The van der Waals surface area contributed by atoms with Crippen LogP contribution in [0, 0.1) is 17.0 Å². The van der Waals surface area contributed by atoms with Gasteiger partial charge in [0.15, 0.2) is 0 Å². The van der Waals surface area contributed by atoms with E-state index in [9.17, 15) is 10.1 Å². The number of nitrogens with zero attached hydrogens (tertiary/aromatic N) is 3. The third kappa shape index (κ3) is 4.03. The van der Waals surface area contributed by atoms with Gasteiger partial charge in [-0.05, 0) is 19.1 Å². The maximum atomic E-state index is 10.9. The Morgan fingerprint density at radius 2 is 1.91 bits per heavy atom. The number of nitro groups is 1. The number of aryl methyl sites for hydroxylation is 1. The number of rotatable bonds is 6. The van der Waals surface area contributed by atoms with Gasteiger partial charge in [0.1, 0.15) is 11.5 Å². The Morgan fingerprint density at radius 1 is 1.26 bits per heavy atom. The zero-order valence-electron chi connectivity index (χ0n) is 13.1. The fraction of sp³-hybridized carbons (Fsp3) is 0.250. The molecule has 1 aromatic heterocycles. The van der Waals surface area contributed by atoms with Crippen LogP contribution >= 0.6 is 0 Å². The Kier molecular flexibility index (Phi) is 5.24. The Bertz CT molecular complexity index is 722. The number of aliphatic imine (C=N–C) groups is 1. The highest BCUT2D eigenvalue weighted by Gasteiger charge is 2.10. The molecule has 0 aliphatic carbocycles. The van der Waals surface area contributed by atoms with Crippen molar-refractivity contribution in [2.24, 2.45) is 4.99 Å². The van der Waals surface area contributed by atoms with E-state index >= 15 is 0 Å². The quantitative estimate of drug-likeness (QED) is 0.464. The second-order valence-electron chi connectivity index (χ2n) is 4.76. The molecule has 0 saturated heterocycles. The minimum atomic E-state index is -0.449. The van der Waals surface area contributed by atoms with E-state index < -0.39 is 4.92 Å². The van der Waals surface area contributed by atoms with Crippen molar-refractivity contribution in [3.63, 3.8) is 0 Å². The molecule has 1 heterocycles. The summed E-state index contributed by atoms with van der Waals surface area (Å²) in [5.74, 6) is 1.34. The smallest absolute Gasteiger partial charge is 0.273 e. The SMILES string of the molecule is COc1cccc(OC)c1CN=Cc1cc([N+](=O)[O-])cc(C)n1. The van der Waals surface area contributed by atoms with E-state index in [1.807, 2.05) is 18.2 Å². The lowest BCUT2D eigenvalue weighted by Crippen LogP contribution is -1.98. The maximum Gasteiger partial charge on any atom is 0.273 e. The van der Waals surface area contributed by atoms with Gasteiger partial charge < -0.3 is 9.47 Å². The van der Waals surface area contributed by atoms with Crippen LogP contribution in [-0.2, 0) is 6.54 Å². The van der Waals surface area contributed by atoms with E-state index in [4.69, 9.17) is 9.47 Å². The molecule has 0 aliphatic heterocycles. The van der Waals surface area contributed by atoms with E-state index in [2.05, 4.69) is 9.98 Å². The molecule has 2 rings (SSSR count). The van der Waals surface area contributed by atoms with Crippen LogP contribution in [-0.4, -0.2) is 30.3 Å². The summed E-state index contributed by atoms with van der Waals surface area (Å²) in [5.41, 5.74) is 1.80. The monoisotopic (exact) mass is 315 g/mol. The highest BCUT2D eigenvalue weighted by molar-refractivity contribution is 5.78. The zero-order valence-corrected chi connectivity index (χ0v) is 13.1. The summed E-state index contributed by atoms with van der Waals surface area (Å²) in [7, 11) is 3.15. The van der Waals surface area contributed by atoms with Crippen molar-refractivity contribution in [3.05, 3.63) is 57.4 Å². The molecule has 0 spiro atoms. The van der Waals surface area contributed by atoms with Gasteiger partial charge in [0.2, 0.25) is 0 Å². The van der Waals surface area contributed by atoms with Crippen LogP contribution in [0.2, 0.25) is 0 Å². The molecule has 1 aromatic carbocycles. The van der Waals surface area contributed by atoms with Crippen molar-refractivity contribution in [3.8, 4) is 11.5 Å². The number of benzene rings is 1. The summed E-state index contributed by atoms with van der Waals surface area (Å²) in [6.45, 7) is 2.02. The average Bonchev–Trinajstić information content (AvgIpc) is 2.54. The van der Waals surface area contributed by atoms with Gasteiger partial charge in [-0.15, -0.1) is 0 Å². The molecule has 0 unspecified atom stereocenters. The minimum absolute atomic E-state index is 0.00572. The first-order valence-corrected chi connectivity index (χ1v) is 6.88. The zero-order chi connectivity index (χ0) is 16.8. The first-order chi connectivity index (χ1) is 11.0. The predicted octanol–water partition coefficient (Wildman–Crippen LogP) is 2.93. The van der Waals surface area contributed by atoms with Crippen LogP contribution in [0.3, 0.4) is 0 Å². The molecule has 7 heteroatoms. The van der Waals surface area contributed by atoms with E-state index in [0.717, 1.165) is 5.56 Å². The van der Waals surface area contributed by atoms with Gasteiger partial charge in [-0.2, -0.15) is 0 Å². The van der Waals surface area contributed by atoms with Crippen molar-refractivity contribution in [2.75, 3.05) is 14.2 Å². The average molecular weight is 315 g/mol. The van der Waals surface area contributed by atoms with E-state index in [1.165, 1.54) is 18.3 Å². The Morgan fingerprint density at radius 3 is 2.48 bits per heavy atom. The highest BCUT2D eigenvalue weighted by Crippen LogP contribution is 2.28. The summed E-state index contributed by atoms with van der Waals surface area (Å²) in [4.78, 5) is 18.9. The van der Waals surface area contributed by atoms with Gasteiger partial charge in [0.05, 0.1) is 36.9 Å². The van der Waals surface area contributed by atoms with E-state index in [1.54, 1.807) is 21.1 Å². The van der Waals surface area contributed by atoms with Crippen molar-refractivity contribution in [1.29, 1.82) is 0 Å². The van der Waals surface area contributed by atoms with E-state index in [0.29, 0.717) is 29.4 Å². The summed E-state index contributed by atoms with van der Waals surface area (Å²) in [5, 5.41) is 10.9. The fourth-order valence-electron chi connectivity index (χ4n) is 2.16. The first-order valence-electron chi connectivity index (χ1n) is 6.88. The predicted molar refractivity (Wildman–Crippen MR) is 86.5 cm³/mol. The van der Waals surface area contributed by atoms with Gasteiger partial charge in [0.25, 0.3) is 5.69 Å². The van der Waals surface area contributed by atoms with Crippen LogP contribution in [0.5, 0.6) is 11.5 Å². The van der Waals surface area contributed by atoms with Gasteiger partial charge >= 0.3 is 0 Å². The molecule has 0 bridgehead atoms. The van der Waals surface area contributed by atoms with Crippen LogP contribution in [0.15, 0.2) is 35.3 Å². The summed E-state index contributed by atoms with van der Waals surface area (Å²) >= 11 is 0. The molecule has 0 N–H and O–H groups in total. The Balaban J connectivity index is 2.24. The molecular weight excluding hydrogens is 298 g/mol. The van der Waals surface area contributed by atoms with Crippen LogP contribution in [0.25, 0.3) is 0 Å². The minimum Gasteiger partial charge on any atom is -0.496 e. The number of ether oxygens (including phenoxy) is 2. The third-order valence-electron chi connectivity index (χ3n) is 3.17. The standard InChI is InChI=1S/C16H17N3O4/c1-11-7-13(19(20)21)8-12(18-11)9-17-10-14-15(22-2)5-4-6-16(14)23-3/h4-9H,10H2,1-3H3. The molecule has 120 valence electrons. The molecule has 23 heavy (non-hydrogen) atoms. The van der Waals surface area contributed by atoms with Crippen molar-refractivity contribution < 1.29 is 14.4 Å². The second-order valence-corrected chi connectivity index (χ2v) is 4.76. The highest BCUT2D eigenvalue weighted by atomic mass is 16.6. The lowest BCUT2D eigenvalue weighted by molar-refractivity contribution is -0.385. The Labute approximate surface area is 133 Å². The first kappa shape index (κ1) is 16.4. The van der Waals surface area contributed by atoms with Crippen molar-refractivity contribution >= 4 is 11.9 Å². The number of hydrogen-bond acceptors (Lipinski definition) is 6. The molecule has 0 aliphatic rings. The molecule has 7 nitrogen and oxygen atoms in total. The van der Waals surface area contributed by atoms with Crippen LogP contribution < -0.4 is 9.47 Å². The summed E-state index contributed by atoms with van der Waals surface area (Å²) in [6.07, 6.45) is 1.51. The normalized spacial score (nSPS) is 10.7. The molecule has 0 fully saturated rings. The summed E-state index contributed by atoms with van der Waals surface area (Å²) < 4.78 is 10.6. The van der Waals surface area contributed by atoms with Gasteiger partial charge in [-0.25, -0.2) is 0 Å². The molecular formula is C16H17N3O4. The van der Waals surface area contributed by atoms with Gasteiger partial charge in [-0.3, -0.25) is 20.1 Å². The number of methoxy groups -OCH3 is 2. The molecule has 0 radical (unpaired) electrons. The molecule has 0 amide bonds. The lowest BCUT2D eigenvalue weighted by atomic mass is 10.2. The lowest BCUT2D eigenvalue weighted by Gasteiger charge is -2.10. The van der Waals surface area contributed by atoms with Crippen LogP contribution in [0.1, 0.15) is 17.0 Å². The van der Waals surface area contributed by atoms with Gasteiger partial charge in [0, 0.05) is 24.0 Å². The summed E-state index contributed by atoms with van der Waals surface area (Å²) in [6, 6.07) is 8.28. The Hall–Kier alpha value is -2.96. The topological polar surface area (TPSA) is 86.8 Å². The number of aromatic nitrogens is 1. The van der Waals surface area contributed by atoms with Gasteiger partial charge in [-0.1, -0.05) is 6.07 Å². The number of pyridine rings is 1. The second kappa shape index (κ2) is 7.35. The van der Waals surface area contributed by atoms with E-state index in [-0.39, 0.29) is 5.69 Å². The van der Waals surface area contributed by atoms with Crippen LogP contribution in [0.4, 0.5) is 5.69 Å². The molecule has 0 atom stereocenters. The molecule has 0 saturated carbocycles. The van der Waals surface area contributed by atoms with Crippen molar-refractivity contribution in [1.82, 2.24) is 4.98 Å². The maximum absolute atomic E-state index is 10.9.